The van der Waals surface area contributed by atoms with Gasteiger partial charge in [0.25, 0.3) is 0 Å². The Labute approximate surface area is 141 Å². The molecular weight excluding hydrogens is 306 g/mol. The molecule has 3 rings (SSSR count). The van der Waals surface area contributed by atoms with Gasteiger partial charge in [-0.25, -0.2) is 4.98 Å². The van der Waals surface area contributed by atoms with Crippen molar-refractivity contribution in [1.29, 1.82) is 0 Å². The summed E-state index contributed by atoms with van der Waals surface area (Å²) in [6.07, 6.45) is 4.62. The van der Waals surface area contributed by atoms with Gasteiger partial charge in [0.05, 0.1) is 5.69 Å². The lowest BCUT2D eigenvalue weighted by atomic mass is 10.00. The van der Waals surface area contributed by atoms with Gasteiger partial charge in [-0.05, 0) is 18.8 Å². The molecule has 4 nitrogen and oxygen atoms in total. The Morgan fingerprint density at radius 1 is 1.30 bits per heavy atom. The quantitative estimate of drug-likeness (QED) is 0.856. The Kier molecular flexibility index (Phi) is 5.41. The molecule has 1 aromatic heterocycles. The standard InChI is InChI=1S/C18H23N3OS/c19-16-8-4-7-14(16)11-17(22)20-10-9-15-12-23-18(21-15)13-5-2-1-3-6-13/h1-3,5-6,12,14,16H,4,7-11,19H2,(H,20,22)/t14-,16+/m0/s1. The Morgan fingerprint density at radius 3 is 2.87 bits per heavy atom. The monoisotopic (exact) mass is 329 g/mol. The maximum atomic E-state index is 12.0. The van der Waals surface area contributed by atoms with E-state index in [-0.39, 0.29) is 11.9 Å². The SMILES string of the molecule is N[C@@H]1CCC[C@H]1CC(=O)NCCc1csc(-c2ccccc2)n1. The minimum absolute atomic E-state index is 0.117. The van der Waals surface area contributed by atoms with Gasteiger partial charge in [0.1, 0.15) is 5.01 Å². The highest BCUT2D eigenvalue weighted by atomic mass is 32.1. The Hall–Kier alpha value is -1.72. The average Bonchev–Trinajstić information content (AvgIpc) is 3.18. The van der Waals surface area contributed by atoms with E-state index in [1.54, 1.807) is 11.3 Å². The molecule has 1 heterocycles. The molecule has 1 saturated carbocycles. The molecule has 1 aliphatic carbocycles. The first-order valence-electron chi connectivity index (χ1n) is 8.24. The first-order chi connectivity index (χ1) is 11.2. The van der Waals surface area contributed by atoms with Crippen molar-refractivity contribution in [2.24, 2.45) is 11.7 Å². The summed E-state index contributed by atoms with van der Waals surface area (Å²) in [7, 11) is 0. The van der Waals surface area contributed by atoms with Crippen LogP contribution in [-0.4, -0.2) is 23.5 Å². The molecule has 0 spiro atoms. The number of nitrogens with two attached hydrogens (primary N) is 1. The third-order valence-corrected chi connectivity index (χ3v) is 5.38. The second-order valence-corrected chi connectivity index (χ2v) is 7.03. The molecule has 1 amide bonds. The smallest absolute Gasteiger partial charge is 0.220 e. The van der Waals surface area contributed by atoms with Crippen molar-refractivity contribution in [3.8, 4) is 10.6 Å². The molecule has 0 bridgehead atoms. The number of amides is 1. The number of aromatic nitrogens is 1. The van der Waals surface area contributed by atoms with Crippen LogP contribution >= 0.6 is 11.3 Å². The van der Waals surface area contributed by atoms with Gasteiger partial charge in [-0.15, -0.1) is 11.3 Å². The van der Waals surface area contributed by atoms with Gasteiger partial charge < -0.3 is 11.1 Å². The Bertz CT molecular complexity index is 641. The maximum Gasteiger partial charge on any atom is 0.220 e. The topological polar surface area (TPSA) is 68.0 Å². The molecule has 3 N–H and O–H groups in total. The van der Waals surface area contributed by atoms with Crippen molar-refractivity contribution in [3.63, 3.8) is 0 Å². The first kappa shape index (κ1) is 16.1. The van der Waals surface area contributed by atoms with Crippen LogP contribution in [0.25, 0.3) is 10.6 Å². The summed E-state index contributed by atoms with van der Waals surface area (Å²) in [6.45, 7) is 0.638. The third-order valence-electron chi connectivity index (χ3n) is 4.44. The van der Waals surface area contributed by atoms with Crippen molar-refractivity contribution in [2.45, 2.75) is 38.1 Å². The van der Waals surface area contributed by atoms with E-state index in [0.29, 0.717) is 18.9 Å². The van der Waals surface area contributed by atoms with Crippen molar-refractivity contribution in [2.75, 3.05) is 6.54 Å². The van der Waals surface area contributed by atoms with Crippen molar-refractivity contribution in [3.05, 3.63) is 41.4 Å². The van der Waals surface area contributed by atoms with Gasteiger partial charge in [0.15, 0.2) is 0 Å². The van der Waals surface area contributed by atoms with Crippen LogP contribution in [0.3, 0.4) is 0 Å². The van der Waals surface area contributed by atoms with Gasteiger partial charge in [0.2, 0.25) is 5.91 Å². The minimum Gasteiger partial charge on any atom is -0.356 e. The van der Waals surface area contributed by atoms with E-state index in [9.17, 15) is 4.79 Å². The van der Waals surface area contributed by atoms with E-state index in [0.717, 1.165) is 41.9 Å². The second kappa shape index (κ2) is 7.70. The second-order valence-electron chi connectivity index (χ2n) is 6.17. The molecule has 2 atom stereocenters. The number of carbonyl (C=O) groups excluding carboxylic acids is 1. The van der Waals surface area contributed by atoms with Crippen LogP contribution in [0, 0.1) is 5.92 Å². The lowest BCUT2D eigenvalue weighted by Gasteiger charge is -2.14. The summed E-state index contributed by atoms with van der Waals surface area (Å²) in [5.41, 5.74) is 8.19. The van der Waals surface area contributed by atoms with Crippen LogP contribution in [0.2, 0.25) is 0 Å². The van der Waals surface area contributed by atoms with E-state index >= 15 is 0 Å². The summed E-state index contributed by atoms with van der Waals surface area (Å²) >= 11 is 1.65. The highest BCUT2D eigenvalue weighted by molar-refractivity contribution is 7.13. The molecule has 1 aliphatic rings. The number of hydrogen-bond acceptors (Lipinski definition) is 4. The van der Waals surface area contributed by atoms with Crippen molar-refractivity contribution < 1.29 is 4.79 Å². The predicted molar refractivity (Wildman–Crippen MR) is 94.2 cm³/mol. The zero-order valence-electron chi connectivity index (χ0n) is 13.2. The van der Waals surface area contributed by atoms with E-state index < -0.39 is 0 Å². The zero-order valence-corrected chi connectivity index (χ0v) is 14.0. The lowest BCUT2D eigenvalue weighted by Crippen LogP contribution is -2.32. The van der Waals surface area contributed by atoms with Gasteiger partial charge in [-0.2, -0.15) is 0 Å². The molecule has 0 saturated heterocycles. The molecule has 0 aliphatic heterocycles. The van der Waals surface area contributed by atoms with Crippen molar-refractivity contribution in [1.82, 2.24) is 10.3 Å². The van der Waals surface area contributed by atoms with E-state index in [2.05, 4.69) is 27.8 Å². The predicted octanol–water partition coefficient (Wildman–Crippen LogP) is 2.99. The van der Waals surface area contributed by atoms with Gasteiger partial charge >= 0.3 is 0 Å². The lowest BCUT2D eigenvalue weighted by molar-refractivity contribution is -0.122. The fourth-order valence-electron chi connectivity index (χ4n) is 3.09. The number of nitrogens with zero attached hydrogens (tertiary/aromatic N) is 1. The van der Waals surface area contributed by atoms with Crippen LogP contribution in [0.5, 0.6) is 0 Å². The number of hydrogen-bond donors (Lipinski definition) is 2. The highest BCUT2D eigenvalue weighted by Gasteiger charge is 2.25. The molecule has 1 aromatic carbocycles. The molecule has 1 fully saturated rings. The van der Waals surface area contributed by atoms with E-state index in [1.807, 2.05) is 18.2 Å². The highest BCUT2D eigenvalue weighted by Crippen LogP contribution is 2.26. The van der Waals surface area contributed by atoms with Crippen LogP contribution in [-0.2, 0) is 11.2 Å². The molecule has 5 heteroatoms. The summed E-state index contributed by atoms with van der Waals surface area (Å²) in [5, 5.41) is 6.10. The summed E-state index contributed by atoms with van der Waals surface area (Å²) in [4.78, 5) is 16.6. The number of benzene rings is 1. The molecule has 23 heavy (non-hydrogen) atoms. The summed E-state index contributed by atoms with van der Waals surface area (Å²) < 4.78 is 0. The van der Waals surface area contributed by atoms with Gasteiger partial charge in [-0.1, -0.05) is 36.8 Å². The van der Waals surface area contributed by atoms with Crippen LogP contribution in [0.1, 0.15) is 31.4 Å². The van der Waals surface area contributed by atoms with E-state index in [4.69, 9.17) is 5.73 Å². The molecule has 0 radical (unpaired) electrons. The van der Waals surface area contributed by atoms with E-state index in [1.165, 1.54) is 0 Å². The fourth-order valence-corrected chi connectivity index (χ4v) is 3.95. The third kappa shape index (κ3) is 4.39. The molecule has 122 valence electrons. The number of nitrogens with one attached hydrogen (secondary N) is 1. The number of thiazole rings is 1. The molecular formula is C18H23N3OS. The van der Waals surface area contributed by atoms with Crippen LogP contribution < -0.4 is 11.1 Å². The zero-order chi connectivity index (χ0) is 16.1. The fraction of sp³-hybridized carbons (Fsp3) is 0.444. The first-order valence-corrected chi connectivity index (χ1v) is 9.12. The maximum absolute atomic E-state index is 12.0. The van der Waals surface area contributed by atoms with Crippen LogP contribution in [0.15, 0.2) is 35.7 Å². The average molecular weight is 329 g/mol. The summed E-state index contributed by atoms with van der Waals surface area (Å²) in [6, 6.07) is 10.4. The Balaban J connectivity index is 1.44. The normalized spacial score (nSPS) is 20.6. The number of carbonyl (C=O) groups is 1. The minimum atomic E-state index is 0.117. The molecule has 0 unspecified atom stereocenters. The largest absolute Gasteiger partial charge is 0.356 e. The number of rotatable bonds is 6. The summed E-state index contributed by atoms with van der Waals surface area (Å²) in [5.74, 6) is 0.477. The van der Waals surface area contributed by atoms with Crippen molar-refractivity contribution >= 4 is 17.2 Å². The van der Waals surface area contributed by atoms with Crippen LogP contribution in [0.4, 0.5) is 0 Å². The Morgan fingerprint density at radius 2 is 2.13 bits per heavy atom. The van der Waals surface area contributed by atoms with Gasteiger partial charge in [-0.3, -0.25) is 4.79 Å². The van der Waals surface area contributed by atoms with Gasteiger partial charge in [0, 0.05) is 36.4 Å². The molecule has 2 aromatic rings.